The van der Waals surface area contributed by atoms with Crippen LogP contribution in [0.3, 0.4) is 0 Å². The van der Waals surface area contributed by atoms with Gasteiger partial charge in [-0.1, -0.05) is 85.2 Å². The van der Waals surface area contributed by atoms with Gasteiger partial charge in [0.1, 0.15) is 23.7 Å². The molecule has 9 atom stereocenters. The largest absolute Gasteiger partial charge is 0.467 e. The normalized spacial score (nSPS) is 18.4. The van der Waals surface area contributed by atoms with E-state index >= 15 is 0 Å². The maximum absolute atomic E-state index is 14.5. The summed E-state index contributed by atoms with van der Waals surface area (Å²) in [6.45, 7) is 18.8. The molecule has 1 fully saturated rings. The number of esters is 1. The lowest BCUT2D eigenvalue weighted by molar-refractivity contribution is -0.149. The molecule has 0 radical (unpaired) electrons. The van der Waals surface area contributed by atoms with Crippen LogP contribution in [-0.4, -0.2) is 140 Å². The van der Waals surface area contributed by atoms with Crippen LogP contribution in [0.5, 0.6) is 0 Å². The third kappa shape index (κ3) is 14.2. The van der Waals surface area contributed by atoms with Crippen molar-refractivity contribution in [2.24, 2.45) is 23.7 Å². The Morgan fingerprint density at radius 3 is 1.97 bits per heavy atom. The SMILES string of the molecule is CC[C@H](C)[C@@H]([C@@H](CC(=O)N1CCC[C@H]1[C@H](OC)[C@@H](C)C(=O)N[C@@H](Cc1ccccc1)C(=O)OC)OC)N(C)C(=O)[C@@H](NC(=O)[C@@H](C(C)C)N(C)C(=O)OC(C)(C)C)C(C)C. The highest BCUT2D eigenvalue weighted by Crippen LogP contribution is 2.30. The summed E-state index contributed by atoms with van der Waals surface area (Å²) in [7, 11) is 7.49. The van der Waals surface area contributed by atoms with Gasteiger partial charge in [0, 0.05) is 41.3 Å². The van der Waals surface area contributed by atoms with E-state index in [9.17, 15) is 28.8 Å². The molecule has 0 aliphatic carbocycles. The summed E-state index contributed by atoms with van der Waals surface area (Å²) in [6.07, 6.45) is 0.136. The Labute approximate surface area is 358 Å². The first kappa shape index (κ1) is 51.9. The Hall–Kier alpha value is -4.24. The van der Waals surface area contributed by atoms with Crippen molar-refractivity contribution in [3.63, 3.8) is 0 Å². The second-order valence-corrected chi connectivity index (χ2v) is 17.9. The van der Waals surface area contributed by atoms with Crippen molar-refractivity contribution in [3.8, 4) is 0 Å². The maximum Gasteiger partial charge on any atom is 0.410 e. The highest BCUT2D eigenvalue weighted by Gasteiger charge is 2.44. The van der Waals surface area contributed by atoms with Crippen molar-refractivity contribution in [2.75, 3.05) is 42.0 Å². The van der Waals surface area contributed by atoms with E-state index < -0.39 is 77.8 Å². The molecule has 0 saturated carbocycles. The van der Waals surface area contributed by atoms with Gasteiger partial charge in [0.2, 0.25) is 23.6 Å². The molecule has 1 aliphatic rings. The zero-order valence-corrected chi connectivity index (χ0v) is 38.9. The number of hydrogen-bond donors (Lipinski definition) is 2. The first-order valence-corrected chi connectivity index (χ1v) is 21.3. The Bertz CT molecular complexity index is 1570. The van der Waals surface area contributed by atoms with E-state index in [1.807, 2.05) is 71.9 Å². The van der Waals surface area contributed by atoms with Crippen LogP contribution >= 0.6 is 0 Å². The smallest absolute Gasteiger partial charge is 0.410 e. The number of ether oxygens (including phenoxy) is 4. The van der Waals surface area contributed by atoms with E-state index in [2.05, 4.69) is 10.6 Å². The molecule has 1 heterocycles. The number of benzene rings is 1. The van der Waals surface area contributed by atoms with Crippen LogP contribution in [0.1, 0.15) is 100 Å². The van der Waals surface area contributed by atoms with Gasteiger partial charge in [0.25, 0.3) is 0 Å². The first-order chi connectivity index (χ1) is 28.0. The van der Waals surface area contributed by atoms with Crippen LogP contribution < -0.4 is 10.6 Å². The van der Waals surface area contributed by atoms with Gasteiger partial charge in [-0.2, -0.15) is 0 Å². The number of nitrogens with zero attached hydrogens (tertiary/aromatic N) is 3. The fourth-order valence-corrected chi connectivity index (χ4v) is 8.14. The lowest BCUT2D eigenvalue weighted by atomic mass is 9.89. The van der Waals surface area contributed by atoms with Crippen LogP contribution in [0, 0.1) is 23.7 Å². The molecule has 2 N–H and O–H groups in total. The third-order valence-corrected chi connectivity index (χ3v) is 11.6. The van der Waals surface area contributed by atoms with Crippen molar-refractivity contribution in [1.82, 2.24) is 25.3 Å². The molecule has 1 aromatic rings. The molecule has 1 aromatic carbocycles. The molecule has 1 aliphatic heterocycles. The second-order valence-electron chi connectivity index (χ2n) is 17.9. The molecule has 0 unspecified atom stereocenters. The van der Waals surface area contributed by atoms with Gasteiger partial charge in [-0.25, -0.2) is 9.59 Å². The molecule has 1 saturated heterocycles. The molecular formula is C45H75N5O10. The van der Waals surface area contributed by atoms with Gasteiger partial charge in [0.15, 0.2) is 0 Å². The van der Waals surface area contributed by atoms with E-state index in [0.717, 1.165) is 5.56 Å². The van der Waals surface area contributed by atoms with Crippen LogP contribution in [0.15, 0.2) is 30.3 Å². The van der Waals surface area contributed by atoms with E-state index in [1.165, 1.54) is 33.3 Å². The number of nitrogens with one attached hydrogen (secondary N) is 2. The summed E-state index contributed by atoms with van der Waals surface area (Å²) in [5.41, 5.74) is 0.0996. The molecule has 60 heavy (non-hydrogen) atoms. The summed E-state index contributed by atoms with van der Waals surface area (Å²) in [5, 5.41) is 5.79. The quantitative estimate of drug-likeness (QED) is 0.163. The molecule has 15 heteroatoms. The van der Waals surface area contributed by atoms with Crippen LogP contribution in [-0.2, 0) is 49.3 Å². The summed E-state index contributed by atoms with van der Waals surface area (Å²) in [5.74, 6) is -3.45. The maximum atomic E-state index is 14.5. The van der Waals surface area contributed by atoms with Crippen molar-refractivity contribution in [2.45, 2.75) is 149 Å². The molecule has 0 spiro atoms. The Morgan fingerprint density at radius 2 is 1.47 bits per heavy atom. The number of likely N-dealkylation sites (tertiary alicyclic amines) is 1. The number of methoxy groups -OCH3 is 3. The van der Waals surface area contributed by atoms with Gasteiger partial charge >= 0.3 is 12.1 Å². The fourth-order valence-electron chi connectivity index (χ4n) is 8.14. The van der Waals surface area contributed by atoms with Crippen LogP contribution in [0.2, 0.25) is 0 Å². The molecule has 0 bridgehead atoms. The van der Waals surface area contributed by atoms with E-state index in [4.69, 9.17) is 18.9 Å². The summed E-state index contributed by atoms with van der Waals surface area (Å²) in [4.78, 5) is 86.7. The number of hydrogen-bond acceptors (Lipinski definition) is 10. The first-order valence-electron chi connectivity index (χ1n) is 21.3. The topological polar surface area (TPSA) is 173 Å². The highest BCUT2D eigenvalue weighted by molar-refractivity contribution is 5.92. The van der Waals surface area contributed by atoms with Crippen molar-refractivity contribution < 1.29 is 47.7 Å². The van der Waals surface area contributed by atoms with Crippen LogP contribution in [0.4, 0.5) is 4.79 Å². The lowest BCUT2D eigenvalue weighted by Crippen LogP contribution is -2.60. The average molecular weight is 846 g/mol. The minimum absolute atomic E-state index is 0.0487. The zero-order valence-electron chi connectivity index (χ0n) is 38.9. The summed E-state index contributed by atoms with van der Waals surface area (Å²) in [6, 6.07) is 5.59. The molecule has 2 rings (SSSR count). The monoisotopic (exact) mass is 846 g/mol. The molecule has 15 nitrogen and oxygen atoms in total. The number of rotatable bonds is 21. The Morgan fingerprint density at radius 1 is 0.850 bits per heavy atom. The molecular weight excluding hydrogens is 771 g/mol. The number of carbonyl (C=O) groups excluding carboxylic acids is 6. The summed E-state index contributed by atoms with van der Waals surface area (Å²) < 4.78 is 22.5. The van der Waals surface area contributed by atoms with Crippen LogP contribution in [0.25, 0.3) is 0 Å². The van der Waals surface area contributed by atoms with Crippen molar-refractivity contribution in [3.05, 3.63) is 35.9 Å². The van der Waals surface area contributed by atoms with Gasteiger partial charge in [0.05, 0.1) is 43.7 Å². The van der Waals surface area contributed by atoms with Crippen molar-refractivity contribution >= 4 is 35.7 Å². The van der Waals surface area contributed by atoms with E-state index in [-0.39, 0.29) is 42.4 Å². The van der Waals surface area contributed by atoms with Gasteiger partial charge in [-0.05, 0) is 56.9 Å². The summed E-state index contributed by atoms with van der Waals surface area (Å²) >= 11 is 0. The van der Waals surface area contributed by atoms with Gasteiger partial charge in [-0.15, -0.1) is 0 Å². The van der Waals surface area contributed by atoms with Gasteiger partial charge in [-0.3, -0.25) is 24.1 Å². The predicted octanol–water partition coefficient (Wildman–Crippen LogP) is 4.84. The third-order valence-electron chi connectivity index (χ3n) is 11.6. The minimum Gasteiger partial charge on any atom is -0.467 e. The van der Waals surface area contributed by atoms with E-state index in [1.54, 1.807) is 44.5 Å². The Kier molecular flexibility index (Phi) is 20.5. The van der Waals surface area contributed by atoms with Crippen molar-refractivity contribution in [1.29, 1.82) is 0 Å². The average Bonchev–Trinajstić information content (AvgIpc) is 3.68. The molecule has 0 aromatic heterocycles. The van der Waals surface area contributed by atoms with Gasteiger partial charge < -0.3 is 39.4 Å². The van der Waals surface area contributed by atoms with E-state index in [0.29, 0.717) is 25.8 Å². The Balaban J connectivity index is 2.31. The zero-order chi connectivity index (χ0) is 45.6. The lowest BCUT2D eigenvalue weighted by Gasteiger charge is -2.41. The highest BCUT2D eigenvalue weighted by atomic mass is 16.6. The minimum atomic E-state index is -0.944. The standard InChI is InChI=1S/C45H75N5O10/c1-16-29(6)38(48(11)42(54)36(27(2)3)47-41(53)37(28(4)5)49(12)44(56)60-45(8,9)10)34(57-13)26-35(51)50-24-20-23-33(50)39(58-14)30(7)40(52)46-32(43(55)59-15)25-31-21-18-17-19-22-31/h17-19,21-22,27-30,32-34,36-39H,16,20,23-26H2,1-15H3,(H,46,52)(H,47,53)/t29-,30+,32-,33-,34+,36-,37+,38-,39+/m0/s1. The molecule has 340 valence electrons. The predicted molar refractivity (Wildman–Crippen MR) is 230 cm³/mol. The number of amides is 5. The second kappa shape index (κ2) is 23.7. The molecule has 5 amide bonds. The number of carbonyl (C=O) groups is 6. The number of likely N-dealkylation sites (N-methyl/N-ethyl adjacent to an activating group) is 2. The fraction of sp³-hybridized carbons (Fsp3) is 0.733.